The molecule has 0 radical (unpaired) electrons. The molecule has 0 aliphatic rings. The number of benzene rings is 2. The van der Waals surface area contributed by atoms with Crippen LogP contribution in [-0.4, -0.2) is 12.5 Å². The number of hydrogen-bond acceptors (Lipinski definition) is 2. The van der Waals surface area contributed by atoms with E-state index in [-0.39, 0.29) is 17.9 Å². The van der Waals surface area contributed by atoms with Crippen LogP contribution >= 0.6 is 27.5 Å². The topological polar surface area (TPSA) is 38.3 Å². The third kappa shape index (κ3) is 4.99. The molecule has 3 nitrogen and oxygen atoms in total. The molecule has 0 aromatic heterocycles. The van der Waals surface area contributed by atoms with E-state index in [1.54, 1.807) is 12.1 Å². The SMILES string of the molecule is Cc1ccc(Cl)cc1NC(=O)COc1ccc(C(C)(C)C)cc1Br. The van der Waals surface area contributed by atoms with Crippen LogP contribution in [0.25, 0.3) is 0 Å². The second kappa shape index (κ2) is 7.58. The number of aryl methyl sites for hydroxylation is 1. The van der Waals surface area contributed by atoms with Gasteiger partial charge in [-0.3, -0.25) is 4.79 Å². The molecule has 0 heterocycles. The van der Waals surface area contributed by atoms with E-state index in [0.29, 0.717) is 16.5 Å². The summed E-state index contributed by atoms with van der Waals surface area (Å²) in [7, 11) is 0. The highest BCUT2D eigenvalue weighted by Gasteiger charge is 2.15. The molecule has 0 saturated heterocycles. The van der Waals surface area contributed by atoms with Crippen molar-refractivity contribution in [2.45, 2.75) is 33.1 Å². The summed E-state index contributed by atoms with van der Waals surface area (Å²) in [6, 6.07) is 11.3. The van der Waals surface area contributed by atoms with Crippen LogP contribution in [0, 0.1) is 6.92 Å². The molecule has 0 saturated carbocycles. The van der Waals surface area contributed by atoms with E-state index < -0.39 is 0 Å². The Labute approximate surface area is 156 Å². The van der Waals surface area contributed by atoms with Crippen LogP contribution in [-0.2, 0) is 10.2 Å². The van der Waals surface area contributed by atoms with Crippen molar-refractivity contribution in [2.75, 3.05) is 11.9 Å². The number of hydrogen-bond donors (Lipinski definition) is 1. The van der Waals surface area contributed by atoms with Crippen LogP contribution in [0.3, 0.4) is 0 Å². The molecule has 0 fully saturated rings. The first-order valence-corrected chi connectivity index (χ1v) is 8.83. The highest BCUT2D eigenvalue weighted by Crippen LogP contribution is 2.31. The minimum absolute atomic E-state index is 0.0581. The van der Waals surface area contributed by atoms with Crippen LogP contribution in [0.1, 0.15) is 31.9 Å². The second-order valence-electron chi connectivity index (χ2n) is 6.69. The van der Waals surface area contributed by atoms with Gasteiger partial charge in [-0.2, -0.15) is 0 Å². The van der Waals surface area contributed by atoms with Crippen molar-refractivity contribution in [1.82, 2.24) is 0 Å². The van der Waals surface area contributed by atoms with E-state index in [9.17, 15) is 4.79 Å². The van der Waals surface area contributed by atoms with Gasteiger partial charge in [0.2, 0.25) is 0 Å². The quantitative estimate of drug-likeness (QED) is 0.699. The highest BCUT2D eigenvalue weighted by molar-refractivity contribution is 9.10. The van der Waals surface area contributed by atoms with E-state index in [2.05, 4.69) is 42.0 Å². The largest absolute Gasteiger partial charge is 0.483 e. The molecule has 0 aliphatic carbocycles. The van der Waals surface area contributed by atoms with E-state index >= 15 is 0 Å². The van der Waals surface area contributed by atoms with Crippen molar-refractivity contribution in [3.8, 4) is 5.75 Å². The van der Waals surface area contributed by atoms with E-state index in [1.165, 1.54) is 5.56 Å². The Hall–Kier alpha value is -1.52. The summed E-state index contributed by atoms with van der Waals surface area (Å²) in [5.41, 5.74) is 2.89. The molecule has 1 amide bonds. The van der Waals surface area contributed by atoms with Gasteiger partial charge in [0, 0.05) is 10.7 Å². The van der Waals surface area contributed by atoms with Gasteiger partial charge in [-0.1, -0.05) is 44.5 Å². The average Bonchev–Trinajstić information content (AvgIpc) is 2.48. The number of ether oxygens (including phenoxy) is 1. The molecule has 0 aliphatic heterocycles. The van der Waals surface area contributed by atoms with E-state index in [1.807, 2.05) is 31.2 Å². The number of amides is 1. The number of halogens is 2. The summed E-state index contributed by atoms with van der Waals surface area (Å²) >= 11 is 9.46. The van der Waals surface area contributed by atoms with Crippen LogP contribution in [0.4, 0.5) is 5.69 Å². The lowest BCUT2D eigenvalue weighted by Gasteiger charge is -2.20. The number of nitrogens with one attached hydrogen (secondary N) is 1. The lowest BCUT2D eigenvalue weighted by Crippen LogP contribution is -2.21. The molecule has 0 spiro atoms. The molecule has 2 aromatic carbocycles. The van der Waals surface area contributed by atoms with Crippen LogP contribution in [0.15, 0.2) is 40.9 Å². The van der Waals surface area contributed by atoms with Crippen molar-refractivity contribution in [3.63, 3.8) is 0 Å². The Kier molecular flexibility index (Phi) is 5.94. The van der Waals surface area contributed by atoms with Crippen molar-refractivity contribution < 1.29 is 9.53 Å². The summed E-state index contributed by atoms with van der Waals surface area (Å²) in [5, 5.41) is 3.39. The Morgan fingerprint density at radius 2 is 1.92 bits per heavy atom. The number of anilines is 1. The Morgan fingerprint density at radius 1 is 1.21 bits per heavy atom. The molecule has 1 N–H and O–H groups in total. The molecule has 0 unspecified atom stereocenters. The standard InChI is InChI=1S/C19H21BrClNO2/c1-12-5-7-14(21)10-16(12)22-18(23)11-24-17-8-6-13(9-15(17)20)19(2,3)4/h5-10H,11H2,1-4H3,(H,22,23). The number of carbonyl (C=O) groups excluding carboxylic acids is 1. The lowest BCUT2D eigenvalue weighted by molar-refractivity contribution is -0.118. The summed E-state index contributed by atoms with van der Waals surface area (Å²) in [5.74, 6) is 0.410. The molecule has 24 heavy (non-hydrogen) atoms. The zero-order valence-corrected chi connectivity index (χ0v) is 16.6. The molecule has 128 valence electrons. The van der Waals surface area contributed by atoms with Crippen molar-refractivity contribution >= 4 is 39.1 Å². The first kappa shape index (κ1) is 18.8. The zero-order chi connectivity index (χ0) is 17.9. The summed E-state index contributed by atoms with van der Waals surface area (Å²) in [4.78, 5) is 12.1. The normalized spacial score (nSPS) is 11.2. The van der Waals surface area contributed by atoms with Gasteiger partial charge >= 0.3 is 0 Å². The Balaban J connectivity index is 2.00. The monoisotopic (exact) mass is 409 g/mol. The maximum absolute atomic E-state index is 12.1. The smallest absolute Gasteiger partial charge is 0.262 e. The summed E-state index contributed by atoms with van der Waals surface area (Å²) in [6.07, 6.45) is 0. The number of carbonyl (C=O) groups is 1. The van der Waals surface area contributed by atoms with Crippen LogP contribution < -0.4 is 10.1 Å². The second-order valence-corrected chi connectivity index (χ2v) is 7.98. The highest BCUT2D eigenvalue weighted by atomic mass is 79.9. The first-order chi connectivity index (χ1) is 11.2. The minimum atomic E-state index is -0.229. The molecule has 2 rings (SSSR count). The maximum atomic E-state index is 12.1. The number of rotatable bonds is 4. The Morgan fingerprint density at radius 3 is 2.54 bits per heavy atom. The van der Waals surface area contributed by atoms with Crippen LogP contribution in [0.2, 0.25) is 5.02 Å². The van der Waals surface area contributed by atoms with Gasteiger partial charge in [0.1, 0.15) is 5.75 Å². The van der Waals surface area contributed by atoms with E-state index in [4.69, 9.17) is 16.3 Å². The molecular weight excluding hydrogens is 390 g/mol. The van der Waals surface area contributed by atoms with Gasteiger partial charge in [-0.05, 0) is 63.7 Å². The Bertz CT molecular complexity index is 754. The van der Waals surface area contributed by atoms with Gasteiger partial charge in [0.05, 0.1) is 4.47 Å². The molecule has 0 atom stereocenters. The summed E-state index contributed by atoms with van der Waals surface area (Å²) < 4.78 is 6.45. The predicted molar refractivity (Wildman–Crippen MR) is 103 cm³/mol. The molecule has 0 bridgehead atoms. The van der Waals surface area contributed by atoms with Crippen LogP contribution in [0.5, 0.6) is 5.75 Å². The average molecular weight is 411 g/mol. The lowest BCUT2D eigenvalue weighted by atomic mass is 9.87. The van der Waals surface area contributed by atoms with Crippen molar-refractivity contribution in [3.05, 3.63) is 57.0 Å². The predicted octanol–water partition coefficient (Wildman–Crippen LogP) is 5.73. The zero-order valence-electron chi connectivity index (χ0n) is 14.2. The minimum Gasteiger partial charge on any atom is -0.483 e. The third-order valence-corrected chi connectivity index (χ3v) is 4.49. The van der Waals surface area contributed by atoms with Gasteiger partial charge in [-0.25, -0.2) is 0 Å². The van der Waals surface area contributed by atoms with Gasteiger partial charge in [0.15, 0.2) is 6.61 Å². The fourth-order valence-electron chi connectivity index (χ4n) is 2.14. The first-order valence-electron chi connectivity index (χ1n) is 7.65. The fraction of sp³-hybridized carbons (Fsp3) is 0.316. The fourth-order valence-corrected chi connectivity index (χ4v) is 2.81. The molecule has 5 heteroatoms. The molecular formula is C19H21BrClNO2. The van der Waals surface area contributed by atoms with Crippen molar-refractivity contribution in [2.24, 2.45) is 0 Å². The van der Waals surface area contributed by atoms with E-state index in [0.717, 1.165) is 10.0 Å². The van der Waals surface area contributed by atoms with Crippen molar-refractivity contribution in [1.29, 1.82) is 0 Å². The third-order valence-electron chi connectivity index (χ3n) is 3.63. The van der Waals surface area contributed by atoms with Gasteiger partial charge < -0.3 is 10.1 Å². The van der Waals surface area contributed by atoms with Gasteiger partial charge in [0.25, 0.3) is 5.91 Å². The summed E-state index contributed by atoms with van der Waals surface area (Å²) in [6.45, 7) is 8.29. The van der Waals surface area contributed by atoms with Gasteiger partial charge in [-0.15, -0.1) is 0 Å². The maximum Gasteiger partial charge on any atom is 0.262 e. The molecule has 2 aromatic rings.